The van der Waals surface area contributed by atoms with Crippen molar-refractivity contribution in [3.8, 4) is 0 Å². The molecule has 102 valence electrons. The molecule has 7 atom stereocenters. The monoisotopic (exact) mass is 258 g/mol. The van der Waals surface area contributed by atoms with Crippen LogP contribution in [0.2, 0.25) is 0 Å². The summed E-state index contributed by atoms with van der Waals surface area (Å²) in [5, 5.41) is 9.55. The molecule has 1 N–H and O–H groups in total. The standard InChI is InChI=1S/C12H18O6/c1-5-7(13)3-9-12(16-5)18-11-6(2)15-10(14)4-8(11)17-9/h5-6,8-12,14H,3-4H2,1-2H3. The summed E-state index contributed by atoms with van der Waals surface area (Å²) in [6, 6.07) is 0. The number of rotatable bonds is 0. The zero-order valence-electron chi connectivity index (χ0n) is 10.4. The van der Waals surface area contributed by atoms with Gasteiger partial charge in [0.05, 0.1) is 12.2 Å². The summed E-state index contributed by atoms with van der Waals surface area (Å²) in [5.41, 5.74) is 0. The number of carbonyl (C=O) groups is 1. The Bertz CT molecular complexity index is 345. The van der Waals surface area contributed by atoms with E-state index in [0.29, 0.717) is 12.8 Å². The normalized spacial score (nSPS) is 52.6. The summed E-state index contributed by atoms with van der Waals surface area (Å²) >= 11 is 0. The zero-order chi connectivity index (χ0) is 12.9. The van der Waals surface area contributed by atoms with Crippen molar-refractivity contribution in [1.29, 1.82) is 0 Å². The van der Waals surface area contributed by atoms with Gasteiger partial charge in [-0.25, -0.2) is 0 Å². The largest absolute Gasteiger partial charge is 0.368 e. The van der Waals surface area contributed by atoms with Crippen LogP contribution in [0.4, 0.5) is 0 Å². The summed E-state index contributed by atoms with van der Waals surface area (Å²) in [5.74, 6) is 0.0268. The molecular weight excluding hydrogens is 240 g/mol. The molecule has 0 aromatic carbocycles. The molecule has 3 saturated heterocycles. The lowest BCUT2D eigenvalue weighted by molar-refractivity contribution is -0.359. The van der Waals surface area contributed by atoms with Gasteiger partial charge in [0, 0.05) is 12.8 Å². The van der Waals surface area contributed by atoms with Gasteiger partial charge in [0.25, 0.3) is 0 Å². The predicted molar refractivity (Wildman–Crippen MR) is 58.7 cm³/mol. The maximum Gasteiger partial charge on any atom is 0.185 e. The summed E-state index contributed by atoms with van der Waals surface area (Å²) in [7, 11) is 0. The lowest BCUT2D eigenvalue weighted by atomic mass is 9.97. The minimum absolute atomic E-state index is 0.0268. The molecule has 3 aliphatic rings. The minimum atomic E-state index is -0.833. The van der Waals surface area contributed by atoms with Gasteiger partial charge >= 0.3 is 0 Å². The minimum Gasteiger partial charge on any atom is -0.368 e. The molecule has 3 heterocycles. The zero-order valence-corrected chi connectivity index (χ0v) is 10.4. The van der Waals surface area contributed by atoms with Crippen LogP contribution in [0.25, 0.3) is 0 Å². The molecule has 3 rings (SSSR count). The van der Waals surface area contributed by atoms with Crippen molar-refractivity contribution in [1.82, 2.24) is 0 Å². The number of aliphatic hydroxyl groups excluding tert-OH is 1. The average Bonchev–Trinajstić information content (AvgIpc) is 2.29. The third kappa shape index (κ3) is 2.08. The first kappa shape index (κ1) is 12.5. The van der Waals surface area contributed by atoms with Crippen molar-refractivity contribution in [3.63, 3.8) is 0 Å². The second-order valence-corrected chi connectivity index (χ2v) is 5.16. The van der Waals surface area contributed by atoms with Gasteiger partial charge in [0.15, 0.2) is 18.4 Å². The van der Waals surface area contributed by atoms with Crippen LogP contribution in [0.15, 0.2) is 0 Å². The molecule has 7 unspecified atom stereocenters. The maximum absolute atomic E-state index is 11.6. The average molecular weight is 258 g/mol. The van der Waals surface area contributed by atoms with Crippen molar-refractivity contribution in [3.05, 3.63) is 0 Å². The van der Waals surface area contributed by atoms with Gasteiger partial charge in [-0.15, -0.1) is 0 Å². The van der Waals surface area contributed by atoms with Crippen LogP contribution in [-0.2, 0) is 23.7 Å². The van der Waals surface area contributed by atoms with Crippen molar-refractivity contribution >= 4 is 5.78 Å². The SMILES string of the molecule is CC1OC2OC3C(C)OC(O)CC3OC2CC1=O. The first-order valence-corrected chi connectivity index (χ1v) is 6.37. The highest BCUT2D eigenvalue weighted by molar-refractivity contribution is 5.83. The molecule has 0 aromatic heterocycles. The third-order valence-electron chi connectivity index (χ3n) is 3.77. The van der Waals surface area contributed by atoms with E-state index in [4.69, 9.17) is 18.9 Å². The number of Topliss-reactive ketones (excluding diaryl/α,β-unsaturated/α-hetero) is 1. The highest BCUT2D eigenvalue weighted by atomic mass is 16.7. The Morgan fingerprint density at radius 1 is 1.11 bits per heavy atom. The topological polar surface area (TPSA) is 74.2 Å². The number of hydrogen-bond donors (Lipinski definition) is 1. The Hall–Kier alpha value is -0.530. The van der Waals surface area contributed by atoms with Crippen LogP contribution < -0.4 is 0 Å². The Morgan fingerprint density at radius 2 is 1.89 bits per heavy atom. The van der Waals surface area contributed by atoms with E-state index in [1.807, 2.05) is 6.92 Å². The smallest absolute Gasteiger partial charge is 0.185 e. The third-order valence-corrected chi connectivity index (χ3v) is 3.77. The summed E-state index contributed by atoms with van der Waals surface area (Å²) in [6.07, 6.45) is -2.24. The van der Waals surface area contributed by atoms with E-state index in [1.54, 1.807) is 6.92 Å². The van der Waals surface area contributed by atoms with E-state index in [0.717, 1.165) is 0 Å². The number of ether oxygens (including phenoxy) is 4. The van der Waals surface area contributed by atoms with Crippen molar-refractivity contribution in [2.24, 2.45) is 0 Å². The second-order valence-electron chi connectivity index (χ2n) is 5.16. The molecule has 0 aliphatic carbocycles. The van der Waals surface area contributed by atoms with Gasteiger partial charge in [-0.3, -0.25) is 4.79 Å². The first-order chi connectivity index (χ1) is 8.54. The first-order valence-electron chi connectivity index (χ1n) is 6.37. The molecule has 0 saturated carbocycles. The Balaban J connectivity index is 1.74. The van der Waals surface area contributed by atoms with Crippen LogP contribution in [0.3, 0.4) is 0 Å². The molecule has 3 fully saturated rings. The molecule has 6 nitrogen and oxygen atoms in total. The van der Waals surface area contributed by atoms with Gasteiger partial charge in [-0.2, -0.15) is 0 Å². The Kier molecular flexibility index (Phi) is 3.15. The molecule has 0 radical (unpaired) electrons. The van der Waals surface area contributed by atoms with E-state index in [2.05, 4.69) is 0 Å². The molecule has 0 amide bonds. The quantitative estimate of drug-likeness (QED) is 0.657. The summed E-state index contributed by atoms with van der Waals surface area (Å²) in [6.45, 7) is 3.56. The van der Waals surface area contributed by atoms with Gasteiger partial charge in [-0.05, 0) is 13.8 Å². The van der Waals surface area contributed by atoms with Gasteiger partial charge in [0.2, 0.25) is 0 Å². The number of hydrogen-bond acceptors (Lipinski definition) is 6. The van der Waals surface area contributed by atoms with E-state index < -0.39 is 18.7 Å². The van der Waals surface area contributed by atoms with E-state index in [9.17, 15) is 9.90 Å². The second kappa shape index (κ2) is 4.54. The van der Waals surface area contributed by atoms with Gasteiger partial charge in [0.1, 0.15) is 18.3 Å². The molecular formula is C12H18O6. The molecule has 6 heteroatoms. The molecule has 0 spiro atoms. The van der Waals surface area contributed by atoms with Crippen LogP contribution in [0.1, 0.15) is 26.7 Å². The van der Waals surface area contributed by atoms with E-state index in [1.165, 1.54) is 0 Å². The maximum atomic E-state index is 11.6. The fourth-order valence-corrected chi connectivity index (χ4v) is 2.78. The number of carbonyl (C=O) groups excluding carboxylic acids is 1. The molecule has 0 bridgehead atoms. The fourth-order valence-electron chi connectivity index (χ4n) is 2.78. The van der Waals surface area contributed by atoms with Crippen LogP contribution in [0, 0.1) is 0 Å². The Morgan fingerprint density at radius 3 is 2.67 bits per heavy atom. The summed E-state index contributed by atoms with van der Waals surface area (Å²) in [4.78, 5) is 11.6. The van der Waals surface area contributed by atoms with Crippen molar-refractivity contribution in [2.75, 3.05) is 0 Å². The van der Waals surface area contributed by atoms with Gasteiger partial charge < -0.3 is 24.1 Å². The summed E-state index contributed by atoms with van der Waals surface area (Å²) < 4.78 is 22.5. The highest BCUT2D eigenvalue weighted by Gasteiger charge is 2.49. The number of aliphatic hydroxyl groups is 1. The van der Waals surface area contributed by atoms with Crippen LogP contribution in [0.5, 0.6) is 0 Å². The molecule has 3 aliphatic heterocycles. The lowest BCUT2D eigenvalue weighted by Crippen LogP contribution is -2.61. The molecule has 0 aromatic rings. The van der Waals surface area contributed by atoms with Crippen LogP contribution in [-0.4, -0.2) is 54.0 Å². The van der Waals surface area contributed by atoms with Crippen molar-refractivity contribution < 1.29 is 28.8 Å². The number of ketones is 1. The lowest BCUT2D eigenvalue weighted by Gasteiger charge is -2.48. The van der Waals surface area contributed by atoms with Crippen LogP contribution >= 0.6 is 0 Å². The highest BCUT2D eigenvalue weighted by Crippen LogP contribution is 2.35. The van der Waals surface area contributed by atoms with Gasteiger partial charge in [-0.1, -0.05) is 0 Å². The predicted octanol–water partition coefficient (Wildman–Crippen LogP) is -0.0298. The van der Waals surface area contributed by atoms with E-state index >= 15 is 0 Å². The van der Waals surface area contributed by atoms with Crippen molar-refractivity contribution in [2.45, 2.75) is 69.8 Å². The molecule has 18 heavy (non-hydrogen) atoms. The van der Waals surface area contributed by atoms with E-state index in [-0.39, 0.29) is 30.2 Å². The fraction of sp³-hybridized carbons (Fsp3) is 0.917. The number of fused-ring (bicyclic) bond motifs is 2. The Labute approximate surface area is 105 Å².